The molecule has 0 aliphatic heterocycles. The van der Waals surface area contributed by atoms with Gasteiger partial charge in [0.1, 0.15) is 0 Å². The van der Waals surface area contributed by atoms with Crippen LogP contribution >= 0.6 is 27.7 Å². The topological polar surface area (TPSA) is 122 Å². The van der Waals surface area contributed by atoms with Gasteiger partial charge in [-0.05, 0) is 63.6 Å². The fourth-order valence-electron chi connectivity index (χ4n) is 1.87. The van der Waals surface area contributed by atoms with Crippen molar-refractivity contribution in [3.8, 4) is 23.0 Å². The predicted octanol–water partition coefficient (Wildman–Crippen LogP) is 3.39. The van der Waals surface area contributed by atoms with E-state index in [0.29, 0.717) is 9.38 Å². The van der Waals surface area contributed by atoms with E-state index in [2.05, 4.69) is 32.8 Å². The molecule has 5 N–H and O–H groups in total. The molecule has 0 heterocycles. The molecule has 0 atom stereocenters. The number of rotatable bonds is 4. The number of hydrogen-bond donors (Lipinski definition) is 5. The summed E-state index contributed by atoms with van der Waals surface area (Å²) in [4.78, 5) is 16.6. The Hall–Kier alpha value is -2.65. The van der Waals surface area contributed by atoms with Gasteiger partial charge in [0, 0.05) is 5.56 Å². The first-order chi connectivity index (χ1) is 12.3. The standard InChI is InChI=1S/C17H15BrN2O5S/c1-9(18)26-17(19-8-10-2-4-12(21)14(23)6-10)20-16(25)11-3-5-13(22)15(24)7-11/h2-7,21-24H,1,8H2,(H,19,20,25). The van der Waals surface area contributed by atoms with Gasteiger partial charge in [-0.2, -0.15) is 0 Å². The monoisotopic (exact) mass is 438 g/mol. The number of aromatic hydroxyl groups is 4. The van der Waals surface area contributed by atoms with Crippen LogP contribution in [0.2, 0.25) is 0 Å². The minimum atomic E-state index is -0.533. The molecule has 0 spiro atoms. The van der Waals surface area contributed by atoms with Crippen LogP contribution in [0.5, 0.6) is 23.0 Å². The van der Waals surface area contributed by atoms with Gasteiger partial charge in [-0.15, -0.1) is 0 Å². The molecule has 2 aromatic rings. The zero-order chi connectivity index (χ0) is 19.3. The Morgan fingerprint density at radius 1 is 1.04 bits per heavy atom. The van der Waals surface area contributed by atoms with Crippen molar-refractivity contribution in [2.24, 2.45) is 4.99 Å². The van der Waals surface area contributed by atoms with Crippen LogP contribution in [0.4, 0.5) is 0 Å². The second-order valence-corrected chi connectivity index (χ2v) is 7.63. The summed E-state index contributed by atoms with van der Waals surface area (Å²) in [6.45, 7) is 3.82. The average Bonchev–Trinajstić information content (AvgIpc) is 2.57. The number of thioether (sulfide) groups is 1. The van der Waals surface area contributed by atoms with E-state index in [1.165, 1.54) is 24.3 Å². The van der Waals surface area contributed by atoms with E-state index in [-0.39, 0.29) is 34.5 Å². The number of phenolic OH excluding ortho intramolecular Hbond substituents is 4. The highest BCUT2D eigenvalue weighted by Gasteiger charge is 2.12. The Kier molecular flexibility index (Phi) is 6.53. The molecule has 1 amide bonds. The molecule has 0 aliphatic rings. The number of carbonyl (C=O) groups is 1. The summed E-state index contributed by atoms with van der Waals surface area (Å²) in [6, 6.07) is 7.99. The molecule has 2 rings (SSSR count). The number of phenols is 4. The number of benzene rings is 2. The Balaban J connectivity index is 2.17. The third kappa shape index (κ3) is 5.43. The molecule has 26 heavy (non-hydrogen) atoms. The molecule has 2 aromatic carbocycles. The maximum absolute atomic E-state index is 12.3. The molecule has 0 bridgehead atoms. The number of amidine groups is 1. The normalized spacial score (nSPS) is 11.2. The van der Waals surface area contributed by atoms with Crippen molar-refractivity contribution in [1.29, 1.82) is 0 Å². The van der Waals surface area contributed by atoms with Crippen LogP contribution < -0.4 is 5.32 Å². The fourth-order valence-corrected chi connectivity index (χ4v) is 2.81. The van der Waals surface area contributed by atoms with Crippen LogP contribution in [0, 0.1) is 0 Å². The molecule has 0 unspecified atom stereocenters. The maximum atomic E-state index is 12.3. The van der Waals surface area contributed by atoms with Crippen LogP contribution in [0.3, 0.4) is 0 Å². The number of halogens is 1. The summed E-state index contributed by atoms with van der Waals surface area (Å²) in [5.74, 6) is -1.77. The van der Waals surface area contributed by atoms with Crippen LogP contribution in [0.25, 0.3) is 0 Å². The molecule has 0 radical (unpaired) electrons. The minimum absolute atomic E-state index is 0.135. The minimum Gasteiger partial charge on any atom is -0.504 e. The molecule has 0 saturated heterocycles. The summed E-state index contributed by atoms with van der Waals surface area (Å²) in [5.41, 5.74) is 0.756. The quantitative estimate of drug-likeness (QED) is 0.283. The Labute approximate surface area is 161 Å². The summed E-state index contributed by atoms with van der Waals surface area (Å²) >= 11 is 4.25. The molecular formula is C17H15BrN2O5S. The van der Waals surface area contributed by atoms with E-state index in [9.17, 15) is 25.2 Å². The van der Waals surface area contributed by atoms with E-state index >= 15 is 0 Å². The van der Waals surface area contributed by atoms with Gasteiger partial charge in [-0.25, -0.2) is 0 Å². The molecule has 0 fully saturated rings. The zero-order valence-corrected chi connectivity index (χ0v) is 15.7. The lowest BCUT2D eigenvalue weighted by Crippen LogP contribution is -2.28. The van der Waals surface area contributed by atoms with Gasteiger partial charge in [-0.1, -0.05) is 12.6 Å². The third-order valence-electron chi connectivity index (χ3n) is 3.11. The van der Waals surface area contributed by atoms with Crippen molar-refractivity contribution in [2.75, 3.05) is 0 Å². The van der Waals surface area contributed by atoms with Crippen molar-refractivity contribution in [3.05, 3.63) is 57.9 Å². The predicted molar refractivity (Wildman–Crippen MR) is 104 cm³/mol. The molecular weight excluding hydrogens is 424 g/mol. The van der Waals surface area contributed by atoms with Gasteiger partial charge >= 0.3 is 0 Å². The largest absolute Gasteiger partial charge is 0.504 e. The van der Waals surface area contributed by atoms with E-state index < -0.39 is 11.7 Å². The van der Waals surface area contributed by atoms with Crippen molar-refractivity contribution in [3.63, 3.8) is 0 Å². The first-order valence-electron chi connectivity index (χ1n) is 7.17. The first-order valence-corrected chi connectivity index (χ1v) is 8.78. The van der Waals surface area contributed by atoms with E-state index in [1.807, 2.05) is 0 Å². The lowest BCUT2D eigenvalue weighted by Gasteiger charge is -2.09. The summed E-state index contributed by atoms with van der Waals surface area (Å²) in [7, 11) is 0. The van der Waals surface area contributed by atoms with E-state index in [0.717, 1.165) is 17.8 Å². The number of amides is 1. The summed E-state index contributed by atoms with van der Waals surface area (Å²) in [5, 5.41) is 40.5. The van der Waals surface area contributed by atoms with Gasteiger partial charge in [0.05, 0.1) is 10.4 Å². The van der Waals surface area contributed by atoms with Crippen LogP contribution in [0.1, 0.15) is 15.9 Å². The number of nitrogens with zero attached hydrogens (tertiary/aromatic N) is 1. The maximum Gasteiger partial charge on any atom is 0.257 e. The molecule has 0 saturated carbocycles. The SMILES string of the molecule is C=C(Br)S/C(=N\Cc1ccc(O)c(O)c1)NC(=O)c1ccc(O)c(O)c1. The van der Waals surface area contributed by atoms with E-state index in [1.54, 1.807) is 6.07 Å². The van der Waals surface area contributed by atoms with Crippen LogP contribution in [-0.4, -0.2) is 31.5 Å². The molecule has 136 valence electrons. The van der Waals surface area contributed by atoms with Gasteiger partial charge < -0.3 is 25.7 Å². The lowest BCUT2D eigenvalue weighted by molar-refractivity contribution is 0.0977. The van der Waals surface area contributed by atoms with E-state index in [4.69, 9.17) is 0 Å². The van der Waals surface area contributed by atoms with Crippen molar-refractivity contribution in [1.82, 2.24) is 5.32 Å². The molecule has 0 aliphatic carbocycles. The summed E-state index contributed by atoms with van der Waals surface area (Å²) in [6.07, 6.45) is 0. The average molecular weight is 439 g/mol. The number of hydrogen-bond acceptors (Lipinski definition) is 7. The second kappa shape index (κ2) is 8.63. The highest BCUT2D eigenvalue weighted by Crippen LogP contribution is 2.27. The van der Waals surface area contributed by atoms with Gasteiger partial charge in [0.15, 0.2) is 28.2 Å². The zero-order valence-electron chi connectivity index (χ0n) is 13.3. The second-order valence-electron chi connectivity index (χ2n) is 5.06. The molecule has 0 aromatic heterocycles. The van der Waals surface area contributed by atoms with Crippen LogP contribution in [0.15, 0.2) is 51.8 Å². The summed E-state index contributed by atoms with van der Waals surface area (Å²) < 4.78 is 0.513. The Bertz CT molecular complexity index is 885. The van der Waals surface area contributed by atoms with Crippen molar-refractivity contribution in [2.45, 2.75) is 6.54 Å². The number of carbonyl (C=O) groups excluding carboxylic acids is 1. The van der Waals surface area contributed by atoms with Gasteiger partial charge in [-0.3, -0.25) is 9.79 Å². The molecule has 9 heteroatoms. The highest BCUT2D eigenvalue weighted by molar-refractivity contribution is 9.14. The van der Waals surface area contributed by atoms with Crippen molar-refractivity contribution < 1.29 is 25.2 Å². The van der Waals surface area contributed by atoms with Crippen molar-refractivity contribution >= 4 is 38.8 Å². The Morgan fingerprint density at radius 3 is 2.23 bits per heavy atom. The Morgan fingerprint density at radius 2 is 1.65 bits per heavy atom. The highest BCUT2D eigenvalue weighted by atomic mass is 79.9. The smallest absolute Gasteiger partial charge is 0.257 e. The molecule has 7 nitrogen and oxygen atoms in total. The fraction of sp³-hybridized carbons (Fsp3) is 0.0588. The van der Waals surface area contributed by atoms with Gasteiger partial charge in [0.25, 0.3) is 5.91 Å². The van der Waals surface area contributed by atoms with Gasteiger partial charge in [0.2, 0.25) is 0 Å². The number of nitrogens with one attached hydrogen (secondary N) is 1. The third-order valence-corrected chi connectivity index (χ3v) is 4.24. The van der Waals surface area contributed by atoms with Crippen LogP contribution in [-0.2, 0) is 6.54 Å². The number of aliphatic imine (C=N–C) groups is 1. The first kappa shape index (κ1) is 19.7. The lowest BCUT2D eigenvalue weighted by atomic mass is 10.2.